The highest BCUT2D eigenvalue weighted by molar-refractivity contribution is 8.06. The van der Waals surface area contributed by atoms with E-state index in [1.54, 1.807) is 6.20 Å². The van der Waals surface area contributed by atoms with Gasteiger partial charge in [-0.25, -0.2) is 0 Å². The van der Waals surface area contributed by atoms with Crippen LogP contribution in [0.3, 0.4) is 0 Å². The molecule has 3 nitrogen and oxygen atoms in total. The second-order valence-corrected chi connectivity index (χ2v) is 5.78. The standard InChI is InChI=1S/C9H4NO2P/c11-13-7-6(12-9(13)8(7)13)5-3-1-2-4-10-5/h1-4H. The SMILES string of the molecule is O=P12c3oc(-c4ccccn4)c1c32. The zero-order valence-corrected chi connectivity index (χ0v) is 7.41. The summed E-state index contributed by atoms with van der Waals surface area (Å²) in [6.07, 6.45) is 1.71. The van der Waals surface area contributed by atoms with Crippen molar-refractivity contribution in [3.63, 3.8) is 0 Å². The fraction of sp³-hybridized carbons (Fsp3) is 0. The van der Waals surface area contributed by atoms with Crippen molar-refractivity contribution in [3.8, 4) is 11.5 Å². The third-order valence-electron chi connectivity index (χ3n) is 2.55. The molecule has 4 heteroatoms. The Morgan fingerprint density at radius 1 is 1.31 bits per heavy atom. The van der Waals surface area contributed by atoms with Gasteiger partial charge >= 0.3 is 0 Å². The maximum absolute atomic E-state index is 11.6. The smallest absolute Gasteiger partial charge is 0.214 e. The Morgan fingerprint density at radius 3 is 2.69 bits per heavy atom. The molecule has 13 heavy (non-hydrogen) atoms. The second-order valence-electron chi connectivity index (χ2n) is 3.26. The number of nitrogens with zero attached hydrogens (tertiary/aromatic N) is 1. The van der Waals surface area contributed by atoms with Crippen molar-refractivity contribution in [2.75, 3.05) is 0 Å². The van der Waals surface area contributed by atoms with Crippen LogP contribution in [0.5, 0.6) is 0 Å². The summed E-state index contributed by atoms with van der Waals surface area (Å²) in [6.45, 7) is 0. The van der Waals surface area contributed by atoms with Crippen molar-refractivity contribution in [2.45, 2.75) is 0 Å². The van der Waals surface area contributed by atoms with Crippen LogP contribution in [0.15, 0.2) is 28.8 Å². The van der Waals surface area contributed by atoms with Gasteiger partial charge in [0.2, 0.25) is 7.14 Å². The van der Waals surface area contributed by atoms with Gasteiger partial charge in [0, 0.05) is 6.20 Å². The van der Waals surface area contributed by atoms with Crippen LogP contribution in [0.2, 0.25) is 0 Å². The first-order valence-corrected chi connectivity index (χ1v) is 5.74. The lowest BCUT2D eigenvalue weighted by Crippen LogP contribution is -1.96. The summed E-state index contributed by atoms with van der Waals surface area (Å²) in [5.74, 6) is 0.730. The molecular weight excluding hydrogens is 185 g/mol. The first kappa shape index (κ1) is 6.17. The van der Waals surface area contributed by atoms with Gasteiger partial charge in [0.1, 0.15) is 5.69 Å². The molecule has 3 aliphatic heterocycles. The minimum absolute atomic E-state index is 0.730. The molecule has 2 bridgehead atoms. The summed E-state index contributed by atoms with van der Waals surface area (Å²) in [5, 5.41) is 1.94. The molecule has 2 aromatic heterocycles. The normalized spacial score (nSPS) is 25.5. The van der Waals surface area contributed by atoms with E-state index in [0.717, 1.165) is 27.6 Å². The van der Waals surface area contributed by atoms with E-state index in [4.69, 9.17) is 4.42 Å². The van der Waals surface area contributed by atoms with Crippen LogP contribution in [0.4, 0.5) is 0 Å². The Labute approximate surface area is 73.8 Å². The Bertz CT molecular complexity index is 576. The molecule has 1 unspecified atom stereocenters. The second kappa shape index (κ2) is 1.51. The molecule has 0 saturated carbocycles. The molecule has 0 fully saturated rings. The third kappa shape index (κ3) is 0.484. The first-order valence-electron chi connectivity index (χ1n) is 4.03. The van der Waals surface area contributed by atoms with Crippen molar-refractivity contribution in [1.82, 2.24) is 4.98 Å². The van der Waals surface area contributed by atoms with E-state index in [1.165, 1.54) is 0 Å². The minimum atomic E-state index is -2.06. The van der Waals surface area contributed by atoms with Crippen LogP contribution < -0.4 is 16.1 Å². The van der Waals surface area contributed by atoms with E-state index in [2.05, 4.69) is 4.98 Å². The lowest BCUT2D eigenvalue weighted by molar-refractivity contribution is 0.590. The van der Waals surface area contributed by atoms with Crippen LogP contribution >= 0.6 is 7.14 Å². The predicted octanol–water partition coefficient (Wildman–Crippen LogP) is 0.608. The highest BCUT2D eigenvalue weighted by Crippen LogP contribution is 2.70. The first-order chi connectivity index (χ1) is 6.33. The van der Waals surface area contributed by atoms with Crippen molar-refractivity contribution in [2.24, 2.45) is 0 Å². The zero-order valence-electron chi connectivity index (χ0n) is 6.52. The van der Waals surface area contributed by atoms with Gasteiger partial charge in [-0.3, -0.25) is 4.98 Å². The molecule has 0 aromatic carbocycles. The molecule has 3 aliphatic rings. The highest BCUT2D eigenvalue weighted by Gasteiger charge is 2.74. The van der Waals surface area contributed by atoms with E-state index in [-0.39, 0.29) is 0 Å². The van der Waals surface area contributed by atoms with E-state index < -0.39 is 7.14 Å². The predicted molar refractivity (Wildman–Crippen MR) is 48.4 cm³/mol. The summed E-state index contributed by atoms with van der Waals surface area (Å²) >= 11 is 0. The molecular formula is C9H4NO2P. The number of aromatic nitrogens is 1. The molecule has 0 radical (unpaired) electrons. The number of rotatable bonds is 1. The lowest BCUT2D eigenvalue weighted by atomic mass is 10.3. The molecule has 5 heterocycles. The molecule has 0 N–H and O–H groups in total. The molecule has 2 aromatic rings. The van der Waals surface area contributed by atoms with Crippen molar-refractivity contribution < 1.29 is 8.98 Å². The van der Waals surface area contributed by atoms with Crippen molar-refractivity contribution >= 4 is 23.3 Å². The Morgan fingerprint density at radius 2 is 2.15 bits per heavy atom. The van der Waals surface area contributed by atoms with Gasteiger partial charge in [0.15, 0.2) is 11.3 Å². The van der Waals surface area contributed by atoms with Gasteiger partial charge in [-0.1, -0.05) is 6.07 Å². The topological polar surface area (TPSA) is 43.1 Å². The maximum atomic E-state index is 11.6. The van der Waals surface area contributed by atoms with Crippen LogP contribution in [-0.2, 0) is 4.57 Å². The van der Waals surface area contributed by atoms with E-state index in [1.807, 2.05) is 18.2 Å². The Balaban J connectivity index is 2.00. The monoisotopic (exact) mass is 189 g/mol. The summed E-state index contributed by atoms with van der Waals surface area (Å²) in [6, 6.07) is 5.62. The highest BCUT2D eigenvalue weighted by atomic mass is 31.2. The average molecular weight is 189 g/mol. The fourth-order valence-corrected chi connectivity index (χ4v) is 4.26. The molecule has 0 spiro atoms. The van der Waals surface area contributed by atoms with Crippen LogP contribution in [-0.4, -0.2) is 4.98 Å². The quantitative estimate of drug-likeness (QED) is 0.412. The van der Waals surface area contributed by atoms with Gasteiger partial charge in [-0.2, -0.15) is 0 Å². The van der Waals surface area contributed by atoms with Crippen LogP contribution in [0.25, 0.3) is 11.5 Å². The summed E-state index contributed by atoms with van der Waals surface area (Å²) in [4.78, 5) is 4.15. The number of furan rings is 1. The van der Waals surface area contributed by atoms with Gasteiger partial charge < -0.3 is 8.98 Å². The summed E-state index contributed by atoms with van der Waals surface area (Å²) < 4.78 is 17.0. The van der Waals surface area contributed by atoms with Gasteiger partial charge in [-0.05, 0) is 12.1 Å². The number of hydrogen-bond acceptors (Lipinski definition) is 3. The lowest BCUT2D eigenvalue weighted by Gasteiger charge is -1.91. The van der Waals surface area contributed by atoms with Crippen LogP contribution in [0, 0.1) is 0 Å². The maximum Gasteiger partial charge on any atom is 0.214 e. The van der Waals surface area contributed by atoms with E-state index in [9.17, 15) is 4.57 Å². The minimum Gasteiger partial charge on any atom is -0.449 e. The van der Waals surface area contributed by atoms with Gasteiger partial charge in [0.05, 0.1) is 10.6 Å². The van der Waals surface area contributed by atoms with Crippen molar-refractivity contribution in [3.05, 3.63) is 24.4 Å². The van der Waals surface area contributed by atoms with Gasteiger partial charge in [0.25, 0.3) is 0 Å². The van der Waals surface area contributed by atoms with Gasteiger partial charge in [-0.15, -0.1) is 0 Å². The molecule has 5 rings (SSSR count). The van der Waals surface area contributed by atoms with Crippen molar-refractivity contribution in [1.29, 1.82) is 0 Å². The number of pyridine rings is 1. The largest absolute Gasteiger partial charge is 0.449 e. The molecule has 0 amide bonds. The number of fused-ring (bicyclic) bond motifs is 1. The molecule has 0 saturated heterocycles. The Kier molecular flexibility index (Phi) is 0.716. The number of hydrogen-bond donors (Lipinski definition) is 0. The summed E-state index contributed by atoms with van der Waals surface area (Å²) in [7, 11) is -2.06. The molecule has 62 valence electrons. The van der Waals surface area contributed by atoms with E-state index in [0.29, 0.717) is 0 Å². The van der Waals surface area contributed by atoms with E-state index >= 15 is 0 Å². The Hall–Kier alpha value is -1.34. The fourth-order valence-electron chi connectivity index (χ4n) is 1.77. The average Bonchev–Trinajstić information content (AvgIpc) is 2.82. The van der Waals surface area contributed by atoms with Crippen LogP contribution in [0.1, 0.15) is 0 Å². The molecule has 1 atom stereocenters. The summed E-state index contributed by atoms with van der Waals surface area (Å²) in [5.41, 5.74) is 1.53. The zero-order chi connectivity index (χ0) is 8.63. The molecule has 0 aliphatic carbocycles. The third-order valence-corrected chi connectivity index (χ3v) is 5.11.